The predicted molar refractivity (Wildman–Crippen MR) is 78.3 cm³/mol. The Morgan fingerprint density at radius 1 is 1.48 bits per heavy atom. The Kier molecular flexibility index (Phi) is 3.52. The summed E-state index contributed by atoms with van der Waals surface area (Å²) in [4.78, 5) is 16.1. The van der Waals surface area contributed by atoms with Gasteiger partial charge in [0.15, 0.2) is 5.82 Å². The highest BCUT2D eigenvalue weighted by Crippen LogP contribution is 2.25. The van der Waals surface area contributed by atoms with Crippen LogP contribution in [0.5, 0.6) is 5.75 Å². The summed E-state index contributed by atoms with van der Waals surface area (Å²) in [5.74, 6) is 0.0557. The Bertz CT molecular complexity index is 827. The molecular formula is C13H10ClN3O3S. The number of fused-ring (bicyclic) bond motifs is 1. The van der Waals surface area contributed by atoms with E-state index in [1.54, 1.807) is 19.1 Å². The number of carbonyl (C=O) groups is 1. The average Bonchev–Trinajstić information content (AvgIpc) is 2.98. The van der Waals surface area contributed by atoms with Crippen molar-refractivity contribution < 1.29 is 14.6 Å². The van der Waals surface area contributed by atoms with E-state index < -0.39 is 5.97 Å². The molecule has 0 saturated heterocycles. The molecule has 6 nitrogen and oxygen atoms in total. The van der Waals surface area contributed by atoms with Gasteiger partial charge in [-0.3, -0.25) is 0 Å². The number of ether oxygens (including phenoxy) is 1. The number of rotatable bonds is 4. The van der Waals surface area contributed by atoms with E-state index in [4.69, 9.17) is 21.4 Å². The molecule has 0 saturated carbocycles. The van der Waals surface area contributed by atoms with Gasteiger partial charge in [-0.1, -0.05) is 35.1 Å². The molecule has 2 aromatic heterocycles. The van der Waals surface area contributed by atoms with Gasteiger partial charge in [-0.05, 0) is 19.1 Å². The number of aromatic nitrogens is 3. The molecule has 0 bridgehead atoms. The molecule has 2 heterocycles. The molecule has 1 aromatic carbocycles. The van der Waals surface area contributed by atoms with Gasteiger partial charge in [0, 0.05) is 0 Å². The Hall–Kier alpha value is -2.12. The van der Waals surface area contributed by atoms with Crippen LogP contribution in [0.3, 0.4) is 0 Å². The number of nitrogens with zero attached hydrogens (tertiary/aromatic N) is 3. The van der Waals surface area contributed by atoms with E-state index in [-0.39, 0.29) is 11.5 Å². The number of benzene rings is 1. The molecule has 21 heavy (non-hydrogen) atoms. The number of aryl methyl sites for hydroxylation is 1. The summed E-state index contributed by atoms with van der Waals surface area (Å²) in [5, 5.41) is 13.8. The van der Waals surface area contributed by atoms with Crippen LogP contribution in [0.1, 0.15) is 21.2 Å². The summed E-state index contributed by atoms with van der Waals surface area (Å²) < 4.78 is 7.07. The molecule has 0 unspecified atom stereocenters. The van der Waals surface area contributed by atoms with Crippen LogP contribution in [0, 0.1) is 6.92 Å². The summed E-state index contributed by atoms with van der Waals surface area (Å²) in [6, 6.07) is 7.13. The van der Waals surface area contributed by atoms with Gasteiger partial charge in [-0.15, -0.1) is 5.10 Å². The first kappa shape index (κ1) is 13.8. The first-order valence-electron chi connectivity index (χ1n) is 6.02. The average molecular weight is 324 g/mol. The maximum atomic E-state index is 11.0. The molecule has 0 aliphatic heterocycles. The van der Waals surface area contributed by atoms with Crippen molar-refractivity contribution in [2.45, 2.75) is 13.5 Å². The van der Waals surface area contributed by atoms with Gasteiger partial charge in [-0.25, -0.2) is 9.31 Å². The van der Waals surface area contributed by atoms with Gasteiger partial charge in [-0.2, -0.15) is 4.98 Å². The molecule has 0 aliphatic rings. The number of hydrogen-bond donors (Lipinski definition) is 1. The van der Waals surface area contributed by atoms with Crippen LogP contribution in [0.25, 0.3) is 4.96 Å². The lowest BCUT2D eigenvalue weighted by Crippen LogP contribution is -2.01. The SMILES string of the molecule is Cc1c(C(=O)O)sc2nc(COc3ccccc3Cl)nn12. The highest BCUT2D eigenvalue weighted by atomic mass is 35.5. The number of hydrogen-bond acceptors (Lipinski definition) is 5. The molecule has 3 rings (SSSR count). The monoisotopic (exact) mass is 323 g/mol. The lowest BCUT2D eigenvalue weighted by atomic mass is 10.3. The lowest BCUT2D eigenvalue weighted by Gasteiger charge is -2.04. The third-order valence-electron chi connectivity index (χ3n) is 2.85. The summed E-state index contributed by atoms with van der Waals surface area (Å²) >= 11 is 7.08. The highest BCUT2D eigenvalue weighted by Gasteiger charge is 2.18. The minimum Gasteiger partial charge on any atom is -0.484 e. The second-order valence-electron chi connectivity index (χ2n) is 4.26. The van der Waals surface area contributed by atoms with Crippen LogP contribution < -0.4 is 4.74 Å². The van der Waals surface area contributed by atoms with Crippen LogP contribution in [-0.2, 0) is 6.61 Å². The van der Waals surface area contributed by atoms with E-state index >= 15 is 0 Å². The van der Waals surface area contributed by atoms with Gasteiger partial charge in [0.05, 0.1) is 10.7 Å². The van der Waals surface area contributed by atoms with Gasteiger partial charge in [0.25, 0.3) is 0 Å². The molecule has 0 radical (unpaired) electrons. The molecule has 1 N–H and O–H groups in total. The molecule has 8 heteroatoms. The molecule has 0 fully saturated rings. The van der Waals surface area contributed by atoms with Crippen molar-refractivity contribution in [2.24, 2.45) is 0 Å². The summed E-state index contributed by atoms with van der Waals surface area (Å²) in [5.41, 5.74) is 0.555. The molecule has 108 valence electrons. The van der Waals surface area contributed by atoms with E-state index in [9.17, 15) is 4.79 Å². The van der Waals surface area contributed by atoms with Crippen molar-refractivity contribution in [3.8, 4) is 5.75 Å². The third kappa shape index (κ3) is 2.57. The third-order valence-corrected chi connectivity index (χ3v) is 4.28. The predicted octanol–water partition coefficient (Wildman–Crippen LogP) is 3.03. The molecular weight excluding hydrogens is 314 g/mol. The van der Waals surface area contributed by atoms with Crippen molar-refractivity contribution in [1.82, 2.24) is 14.6 Å². The van der Waals surface area contributed by atoms with E-state index in [2.05, 4.69) is 10.1 Å². The fraction of sp³-hybridized carbons (Fsp3) is 0.154. The summed E-state index contributed by atoms with van der Waals surface area (Å²) in [7, 11) is 0. The second kappa shape index (κ2) is 5.34. The topological polar surface area (TPSA) is 76.7 Å². The Labute approximate surface area is 128 Å². The van der Waals surface area contributed by atoms with Crippen molar-refractivity contribution >= 4 is 33.9 Å². The number of thiazole rings is 1. The van der Waals surface area contributed by atoms with Gasteiger partial charge in [0.2, 0.25) is 4.96 Å². The highest BCUT2D eigenvalue weighted by molar-refractivity contribution is 7.18. The van der Waals surface area contributed by atoms with Crippen LogP contribution in [0.4, 0.5) is 0 Å². The van der Waals surface area contributed by atoms with E-state index in [0.29, 0.717) is 27.3 Å². The number of carboxylic acids is 1. The van der Waals surface area contributed by atoms with Gasteiger partial charge in [0.1, 0.15) is 17.2 Å². The molecule has 0 atom stereocenters. The Morgan fingerprint density at radius 2 is 2.24 bits per heavy atom. The quantitative estimate of drug-likeness (QED) is 0.798. The fourth-order valence-corrected chi connectivity index (χ4v) is 2.96. The zero-order valence-electron chi connectivity index (χ0n) is 10.9. The van der Waals surface area contributed by atoms with Crippen molar-refractivity contribution in [2.75, 3.05) is 0 Å². The summed E-state index contributed by atoms with van der Waals surface area (Å²) in [6.07, 6.45) is 0. The maximum absolute atomic E-state index is 11.0. The van der Waals surface area contributed by atoms with Crippen LogP contribution in [-0.4, -0.2) is 25.7 Å². The van der Waals surface area contributed by atoms with Gasteiger partial charge < -0.3 is 9.84 Å². The maximum Gasteiger partial charge on any atom is 0.347 e. The zero-order chi connectivity index (χ0) is 15.0. The number of para-hydroxylation sites is 1. The largest absolute Gasteiger partial charge is 0.484 e. The van der Waals surface area contributed by atoms with Gasteiger partial charge >= 0.3 is 5.97 Å². The smallest absolute Gasteiger partial charge is 0.347 e. The van der Waals surface area contributed by atoms with E-state index in [1.807, 2.05) is 12.1 Å². The minimum atomic E-state index is -0.973. The molecule has 0 amide bonds. The number of aromatic carboxylic acids is 1. The number of carboxylic acid groups (broad SMARTS) is 1. The zero-order valence-corrected chi connectivity index (χ0v) is 12.5. The first-order valence-corrected chi connectivity index (χ1v) is 7.21. The first-order chi connectivity index (χ1) is 10.1. The standard InChI is InChI=1S/C13H10ClN3O3S/c1-7-11(12(18)19)21-13-15-10(16-17(7)13)6-20-9-5-3-2-4-8(9)14/h2-5H,6H2,1H3,(H,18,19). The fourth-order valence-electron chi connectivity index (χ4n) is 1.85. The Morgan fingerprint density at radius 3 is 2.90 bits per heavy atom. The van der Waals surface area contributed by atoms with E-state index in [1.165, 1.54) is 4.52 Å². The molecule has 0 spiro atoms. The van der Waals surface area contributed by atoms with Crippen molar-refractivity contribution in [1.29, 1.82) is 0 Å². The summed E-state index contributed by atoms with van der Waals surface area (Å²) in [6.45, 7) is 1.86. The molecule has 3 aromatic rings. The number of halogens is 1. The van der Waals surface area contributed by atoms with Crippen molar-refractivity contribution in [3.63, 3.8) is 0 Å². The van der Waals surface area contributed by atoms with Crippen LogP contribution in [0.2, 0.25) is 5.02 Å². The second-order valence-corrected chi connectivity index (χ2v) is 5.65. The molecule has 0 aliphatic carbocycles. The Balaban J connectivity index is 1.83. The lowest BCUT2D eigenvalue weighted by molar-refractivity contribution is 0.0701. The minimum absolute atomic E-state index is 0.167. The van der Waals surface area contributed by atoms with Crippen molar-refractivity contribution in [3.05, 3.63) is 45.7 Å². The van der Waals surface area contributed by atoms with Crippen LogP contribution in [0.15, 0.2) is 24.3 Å². The van der Waals surface area contributed by atoms with E-state index in [0.717, 1.165) is 11.3 Å². The normalized spacial score (nSPS) is 11.0. The van der Waals surface area contributed by atoms with Crippen LogP contribution >= 0.6 is 22.9 Å².